The van der Waals surface area contributed by atoms with Crippen LogP contribution < -0.4 is 10.1 Å². The van der Waals surface area contributed by atoms with E-state index in [0.717, 1.165) is 34.9 Å². The van der Waals surface area contributed by atoms with Crippen LogP contribution in [0.25, 0.3) is 0 Å². The number of benzene rings is 1. The molecule has 0 aliphatic carbocycles. The van der Waals surface area contributed by atoms with Crippen LogP contribution in [0.2, 0.25) is 0 Å². The molecular weight excluding hydrogens is 325 g/mol. The lowest BCUT2D eigenvalue weighted by molar-refractivity contribution is 0.366. The van der Waals surface area contributed by atoms with Gasteiger partial charge in [0.1, 0.15) is 5.82 Å². The fourth-order valence-electron chi connectivity index (χ4n) is 3.26. The Hall–Kier alpha value is -1.53. The Balaban J connectivity index is 1.84. The predicted octanol–water partition coefficient (Wildman–Crippen LogP) is 4.02. The molecule has 1 N–H and O–H groups in total. The molecule has 1 aliphatic rings. The molecule has 0 amide bonds. The second kappa shape index (κ2) is 7.15. The first kappa shape index (κ1) is 17.3. The van der Waals surface area contributed by atoms with Crippen molar-refractivity contribution >= 4 is 11.8 Å². The summed E-state index contributed by atoms with van der Waals surface area (Å²) in [5.74, 6) is 1.97. The van der Waals surface area contributed by atoms with Crippen LogP contribution >= 0.6 is 11.8 Å². The fourth-order valence-corrected chi connectivity index (χ4v) is 4.37. The van der Waals surface area contributed by atoms with E-state index in [2.05, 4.69) is 24.3 Å². The van der Waals surface area contributed by atoms with Gasteiger partial charge >= 0.3 is 0 Å². The summed E-state index contributed by atoms with van der Waals surface area (Å²) in [4.78, 5) is 1.17. The average Bonchev–Trinajstić information content (AvgIpc) is 2.88. The van der Waals surface area contributed by atoms with Crippen molar-refractivity contribution in [2.75, 3.05) is 12.9 Å². The van der Waals surface area contributed by atoms with Crippen LogP contribution in [0.3, 0.4) is 0 Å². The van der Waals surface area contributed by atoms with Crippen LogP contribution in [0.1, 0.15) is 49.0 Å². The van der Waals surface area contributed by atoms with Crippen LogP contribution in [0.15, 0.2) is 23.1 Å². The Morgan fingerprint density at radius 1 is 1.46 bits per heavy atom. The molecule has 1 atom stereocenters. The van der Waals surface area contributed by atoms with Crippen molar-refractivity contribution in [3.63, 3.8) is 0 Å². The number of thioether (sulfide) groups is 1. The van der Waals surface area contributed by atoms with Crippen LogP contribution in [0.5, 0.6) is 5.88 Å². The van der Waals surface area contributed by atoms with E-state index in [-0.39, 0.29) is 11.9 Å². The van der Waals surface area contributed by atoms with Crippen molar-refractivity contribution in [3.05, 3.63) is 40.8 Å². The molecule has 2 heterocycles. The molecule has 24 heavy (non-hydrogen) atoms. The van der Waals surface area contributed by atoms with Crippen LogP contribution in [0, 0.1) is 5.82 Å². The minimum absolute atomic E-state index is 0.155. The third kappa shape index (κ3) is 3.30. The third-order valence-electron chi connectivity index (χ3n) is 4.40. The van der Waals surface area contributed by atoms with Crippen molar-refractivity contribution in [3.8, 4) is 5.88 Å². The normalized spacial score (nSPS) is 17.2. The number of hydrogen-bond donors (Lipinski definition) is 1. The largest absolute Gasteiger partial charge is 0.481 e. The molecule has 1 aromatic carbocycles. The number of halogens is 1. The van der Waals surface area contributed by atoms with E-state index in [9.17, 15) is 4.39 Å². The molecular formula is C18H24FN3OS. The first-order valence-corrected chi connectivity index (χ1v) is 9.25. The molecule has 3 rings (SSSR count). The molecule has 0 bridgehead atoms. The molecule has 6 heteroatoms. The highest BCUT2D eigenvalue weighted by molar-refractivity contribution is 7.99. The lowest BCUT2D eigenvalue weighted by Gasteiger charge is -2.26. The number of nitrogens with zero attached hydrogens (tertiary/aromatic N) is 2. The standard InChI is InChI=1S/C18H24FN3OS/c1-11(2)17-14(18(23-4)22(3)21-17)10-20-15-7-8-24-16-6-5-12(19)9-13(15)16/h5-6,9,11,15,20H,7-8,10H2,1-4H3/t15-/m0/s1. The summed E-state index contributed by atoms with van der Waals surface area (Å²) in [5.41, 5.74) is 3.19. The highest BCUT2D eigenvalue weighted by Crippen LogP contribution is 2.37. The number of fused-ring (bicyclic) bond motifs is 1. The summed E-state index contributed by atoms with van der Waals surface area (Å²) in [6.45, 7) is 4.93. The zero-order chi connectivity index (χ0) is 17.3. The van der Waals surface area contributed by atoms with E-state index in [1.54, 1.807) is 29.6 Å². The highest BCUT2D eigenvalue weighted by Gasteiger charge is 2.24. The first-order valence-electron chi connectivity index (χ1n) is 8.26. The van der Waals surface area contributed by atoms with Crippen molar-refractivity contribution in [1.82, 2.24) is 15.1 Å². The van der Waals surface area contributed by atoms with E-state index < -0.39 is 0 Å². The molecule has 4 nitrogen and oxygen atoms in total. The molecule has 130 valence electrons. The van der Waals surface area contributed by atoms with Gasteiger partial charge < -0.3 is 10.1 Å². The number of aryl methyl sites for hydroxylation is 1. The Morgan fingerprint density at radius 3 is 2.96 bits per heavy atom. The summed E-state index contributed by atoms with van der Waals surface area (Å²) in [6, 6.07) is 5.23. The molecule has 0 saturated heterocycles. The maximum Gasteiger partial charge on any atom is 0.216 e. The topological polar surface area (TPSA) is 39.1 Å². The minimum Gasteiger partial charge on any atom is -0.481 e. The molecule has 2 aromatic rings. The first-order chi connectivity index (χ1) is 11.5. The van der Waals surface area contributed by atoms with E-state index in [4.69, 9.17) is 4.74 Å². The van der Waals surface area contributed by atoms with E-state index >= 15 is 0 Å². The Kier molecular flexibility index (Phi) is 5.15. The Labute approximate surface area is 146 Å². The third-order valence-corrected chi connectivity index (χ3v) is 5.52. The minimum atomic E-state index is -0.176. The molecule has 0 saturated carbocycles. The van der Waals surface area contributed by atoms with Gasteiger partial charge in [0.25, 0.3) is 0 Å². The lowest BCUT2D eigenvalue weighted by Crippen LogP contribution is -2.25. The number of aromatic nitrogens is 2. The molecule has 0 unspecified atom stereocenters. The zero-order valence-corrected chi connectivity index (χ0v) is 15.4. The van der Waals surface area contributed by atoms with Crippen molar-refractivity contribution < 1.29 is 9.13 Å². The Bertz CT molecular complexity index is 729. The second-order valence-corrected chi connectivity index (χ2v) is 7.54. The van der Waals surface area contributed by atoms with Gasteiger partial charge in [-0.15, -0.1) is 11.8 Å². The van der Waals surface area contributed by atoms with Crippen molar-refractivity contribution in [1.29, 1.82) is 0 Å². The van der Waals surface area contributed by atoms with Crippen LogP contribution in [-0.2, 0) is 13.6 Å². The van der Waals surface area contributed by atoms with Gasteiger partial charge in [-0.25, -0.2) is 9.07 Å². The van der Waals surface area contributed by atoms with E-state index in [0.29, 0.717) is 12.5 Å². The predicted molar refractivity (Wildman–Crippen MR) is 95.2 cm³/mol. The molecule has 1 aromatic heterocycles. The van der Waals surface area contributed by atoms with Gasteiger partial charge in [-0.2, -0.15) is 5.10 Å². The quantitative estimate of drug-likeness (QED) is 0.885. The van der Waals surface area contributed by atoms with Gasteiger partial charge in [0, 0.05) is 24.5 Å². The number of nitrogens with one attached hydrogen (secondary N) is 1. The van der Waals surface area contributed by atoms with Crippen LogP contribution in [-0.4, -0.2) is 22.6 Å². The maximum atomic E-state index is 13.7. The molecule has 0 fully saturated rings. The lowest BCUT2D eigenvalue weighted by atomic mass is 10.0. The van der Waals surface area contributed by atoms with Gasteiger partial charge in [-0.1, -0.05) is 13.8 Å². The monoisotopic (exact) mass is 349 g/mol. The summed E-state index contributed by atoms with van der Waals surface area (Å²) >= 11 is 1.79. The summed E-state index contributed by atoms with van der Waals surface area (Å²) in [6.07, 6.45) is 0.987. The number of ether oxygens (including phenoxy) is 1. The van der Waals surface area contributed by atoms with Gasteiger partial charge in [-0.05, 0) is 41.9 Å². The molecule has 1 aliphatic heterocycles. The van der Waals surface area contributed by atoms with Gasteiger partial charge in [0.15, 0.2) is 0 Å². The number of methoxy groups -OCH3 is 1. The van der Waals surface area contributed by atoms with Crippen LogP contribution in [0.4, 0.5) is 4.39 Å². The Morgan fingerprint density at radius 2 is 2.25 bits per heavy atom. The van der Waals surface area contributed by atoms with Gasteiger partial charge in [0.2, 0.25) is 5.88 Å². The molecule has 0 spiro atoms. The second-order valence-electron chi connectivity index (χ2n) is 6.40. The average molecular weight is 349 g/mol. The smallest absolute Gasteiger partial charge is 0.216 e. The van der Waals surface area contributed by atoms with Crippen molar-refractivity contribution in [2.45, 2.75) is 43.7 Å². The number of hydrogen-bond acceptors (Lipinski definition) is 4. The van der Waals surface area contributed by atoms with E-state index in [1.807, 2.05) is 13.1 Å². The fraction of sp³-hybridized carbons (Fsp3) is 0.500. The van der Waals surface area contributed by atoms with Crippen molar-refractivity contribution in [2.24, 2.45) is 7.05 Å². The van der Waals surface area contributed by atoms with Gasteiger partial charge in [-0.3, -0.25) is 0 Å². The number of rotatable bonds is 5. The summed E-state index contributed by atoms with van der Waals surface area (Å²) in [5, 5.41) is 8.18. The van der Waals surface area contributed by atoms with Gasteiger partial charge in [0.05, 0.1) is 18.4 Å². The maximum absolute atomic E-state index is 13.7. The van der Waals surface area contributed by atoms with E-state index in [1.165, 1.54) is 11.0 Å². The highest BCUT2D eigenvalue weighted by atomic mass is 32.2. The summed E-state index contributed by atoms with van der Waals surface area (Å²) in [7, 11) is 3.57. The zero-order valence-electron chi connectivity index (χ0n) is 14.6. The summed E-state index contributed by atoms with van der Waals surface area (Å²) < 4.78 is 21.0. The SMILES string of the molecule is COc1c(CN[C@H]2CCSc3ccc(F)cc32)c(C(C)C)nn1C. The molecule has 0 radical (unpaired) electrons.